The van der Waals surface area contributed by atoms with E-state index < -0.39 is 67.5 Å². The first-order valence-electron chi connectivity index (χ1n) is 7.16. The van der Waals surface area contributed by atoms with Crippen LogP contribution in [-0.4, -0.2) is 11.5 Å². The Morgan fingerprint density at radius 3 is 0.885 bits per heavy atom. The molecule has 0 aliphatic heterocycles. The van der Waals surface area contributed by atoms with E-state index in [9.17, 15) is 35.1 Å². The molecule has 2 rings (SSSR count). The van der Waals surface area contributed by atoms with E-state index >= 15 is 0 Å². The van der Waals surface area contributed by atoms with Crippen molar-refractivity contribution in [2.24, 2.45) is 0 Å². The fourth-order valence-electron chi connectivity index (χ4n) is 2.20. The first-order valence-corrected chi connectivity index (χ1v) is 9.13. The lowest BCUT2D eigenvalue weighted by Crippen LogP contribution is -2.09. The molecule has 0 spiro atoms. The van der Waals surface area contributed by atoms with Crippen molar-refractivity contribution in [1.29, 1.82) is 0 Å². The molecule has 0 saturated carbocycles. The first kappa shape index (κ1) is 20.9. The summed E-state index contributed by atoms with van der Waals surface area (Å²) in [6.07, 6.45) is 0. The van der Waals surface area contributed by atoms with Crippen molar-refractivity contribution in [3.63, 3.8) is 0 Å². The van der Waals surface area contributed by atoms with Gasteiger partial charge in [-0.05, 0) is 11.5 Å². The maximum absolute atomic E-state index is 14.2. The van der Waals surface area contributed by atoms with Gasteiger partial charge in [0, 0.05) is 0 Å². The molecule has 2 aromatic carbocycles. The third kappa shape index (κ3) is 3.28. The molecule has 0 aliphatic carbocycles. The van der Waals surface area contributed by atoms with E-state index in [0.29, 0.717) is 23.5 Å². The Kier molecular flexibility index (Phi) is 6.49. The minimum absolute atomic E-state index is 0.0426. The predicted octanol–water partition coefficient (Wildman–Crippen LogP) is 6.69. The van der Waals surface area contributed by atoms with E-state index in [1.165, 1.54) is 13.8 Å². The molecule has 0 saturated heterocycles. The Hall–Kier alpha value is -1.42. The Labute approximate surface area is 152 Å². The Morgan fingerprint density at radius 2 is 0.692 bits per heavy atom. The van der Waals surface area contributed by atoms with Gasteiger partial charge in [0.25, 0.3) is 0 Å². The van der Waals surface area contributed by atoms with Crippen LogP contribution in [0.4, 0.5) is 35.1 Å². The van der Waals surface area contributed by atoms with Crippen LogP contribution in [0, 0.1) is 46.5 Å². The normalized spacial score (nSPS) is 11.3. The first-order chi connectivity index (χ1) is 12.2. The van der Waals surface area contributed by atoms with Crippen molar-refractivity contribution < 1.29 is 35.1 Å². The van der Waals surface area contributed by atoms with Crippen LogP contribution in [-0.2, 0) is 0 Å². The summed E-state index contributed by atoms with van der Waals surface area (Å²) in [5, 5.41) is 0. The highest BCUT2D eigenvalue weighted by Crippen LogP contribution is 2.41. The zero-order chi connectivity index (χ0) is 19.8. The van der Waals surface area contributed by atoms with E-state index in [2.05, 4.69) is 0 Å². The number of hydrogen-bond donors (Lipinski definition) is 0. The summed E-state index contributed by atoms with van der Waals surface area (Å²) in [5.41, 5.74) is -3.69. The van der Waals surface area contributed by atoms with Crippen molar-refractivity contribution in [2.75, 3.05) is 11.5 Å². The summed E-state index contributed by atoms with van der Waals surface area (Å²) in [7, 11) is 0. The largest absolute Gasteiger partial charge is 0.203 e. The molecule has 2 aromatic rings. The molecule has 0 nitrogen and oxygen atoms in total. The summed E-state index contributed by atoms with van der Waals surface area (Å²) in [4.78, 5) is -2.07. The lowest BCUT2D eigenvalue weighted by Gasteiger charge is -2.15. The van der Waals surface area contributed by atoms with Gasteiger partial charge < -0.3 is 0 Å². The average molecular weight is 418 g/mol. The second-order valence-electron chi connectivity index (χ2n) is 4.79. The van der Waals surface area contributed by atoms with E-state index in [-0.39, 0.29) is 11.5 Å². The molecule has 0 fully saturated rings. The summed E-state index contributed by atoms with van der Waals surface area (Å²) in [6, 6.07) is 0. The smallest absolute Gasteiger partial charge is 0.176 e. The van der Waals surface area contributed by atoms with Gasteiger partial charge in [-0.25, -0.2) is 35.1 Å². The number of hydrogen-bond acceptors (Lipinski definition) is 2. The third-order valence-electron chi connectivity index (χ3n) is 3.27. The van der Waals surface area contributed by atoms with Crippen LogP contribution in [0.3, 0.4) is 0 Å². The van der Waals surface area contributed by atoms with Crippen LogP contribution in [0.15, 0.2) is 9.79 Å². The van der Waals surface area contributed by atoms with Crippen LogP contribution in [0.5, 0.6) is 0 Å². The standard InChI is InChI=1S/C16H10F8S2/c1-3-25-15-11(21)7(17)5(8(18)12(15)22)6-9(19)13(23)16(26-4-2)14(24)10(6)20/h3-4H2,1-2H3. The number of halogens is 8. The summed E-state index contributed by atoms with van der Waals surface area (Å²) in [5.74, 6) is -16.1. The topological polar surface area (TPSA) is 0 Å². The molecule has 0 bridgehead atoms. The molecule has 10 heteroatoms. The van der Waals surface area contributed by atoms with Gasteiger partial charge >= 0.3 is 0 Å². The summed E-state index contributed by atoms with van der Waals surface area (Å²) >= 11 is 0.831. The van der Waals surface area contributed by atoms with Crippen molar-refractivity contribution in [3.05, 3.63) is 46.5 Å². The fraction of sp³-hybridized carbons (Fsp3) is 0.250. The molecule has 142 valence electrons. The van der Waals surface area contributed by atoms with Crippen molar-refractivity contribution in [2.45, 2.75) is 23.6 Å². The molecule has 0 N–H and O–H groups in total. The third-order valence-corrected chi connectivity index (χ3v) is 5.15. The van der Waals surface area contributed by atoms with Crippen LogP contribution in [0.25, 0.3) is 11.1 Å². The average Bonchev–Trinajstić information content (AvgIpc) is 2.62. The summed E-state index contributed by atoms with van der Waals surface area (Å²) < 4.78 is 113. The zero-order valence-electron chi connectivity index (χ0n) is 13.3. The van der Waals surface area contributed by atoms with Gasteiger partial charge in [0.1, 0.15) is 0 Å². The van der Waals surface area contributed by atoms with Crippen molar-refractivity contribution >= 4 is 23.5 Å². The SMILES string of the molecule is CCSc1c(F)c(F)c(-c2c(F)c(F)c(SCC)c(F)c2F)c(F)c1F. The number of thioether (sulfide) groups is 2. The van der Waals surface area contributed by atoms with Crippen LogP contribution >= 0.6 is 23.5 Å². The molecule has 0 aliphatic rings. The second kappa shape index (κ2) is 8.08. The molecule has 0 amide bonds. The molecule has 0 unspecified atom stereocenters. The molecular weight excluding hydrogens is 408 g/mol. The lowest BCUT2D eigenvalue weighted by molar-refractivity contribution is 0.415. The number of benzene rings is 2. The van der Waals surface area contributed by atoms with E-state index in [1.54, 1.807) is 0 Å². The van der Waals surface area contributed by atoms with Crippen LogP contribution in [0.1, 0.15) is 13.8 Å². The summed E-state index contributed by atoms with van der Waals surface area (Å²) in [6.45, 7) is 2.89. The molecule has 0 atom stereocenters. The van der Waals surface area contributed by atoms with E-state index in [1.807, 2.05) is 0 Å². The molecule has 0 aromatic heterocycles. The highest BCUT2D eigenvalue weighted by Gasteiger charge is 2.34. The van der Waals surface area contributed by atoms with Crippen LogP contribution < -0.4 is 0 Å². The van der Waals surface area contributed by atoms with E-state index in [4.69, 9.17) is 0 Å². The quantitative estimate of drug-likeness (QED) is 0.301. The van der Waals surface area contributed by atoms with Gasteiger partial charge in [-0.2, -0.15) is 0 Å². The Morgan fingerprint density at radius 1 is 0.462 bits per heavy atom. The highest BCUT2D eigenvalue weighted by atomic mass is 32.2. The zero-order valence-corrected chi connectivity index (χ0v) is 14.9. The second-order valence-corrected chi connectivity index (χ2v) is 7.33. The van der Waals surface area contributed by atoms with Crippen molar-refractivity contribution in [1.82, 2.24) is 0 Å². The van der Waals surface area contributed by atoms with Gasteiger partial charge in [-0.1, -0.05) is 13.8 Å². The van der Waals surface area contributed by atoms with Gasteiger partial charge in [0.15, 0.2) is 46.5 Å². The fourth-order valence-corrected chi connectivity index (χ4v) is 3.65. The Balaban J connectivity index is 2.90. The van der Waals surface area contributed by atoms with Gasteiger partial charge in [-0.15, -0.1) is 23.5 Å². The maximum Gasteiger partial charge on any atom is 0.176 e. The molecular formula is C16H10F8S2. The lowest BCUT2D eigenvalue weighted by atomic mass is 10.0. The van der Waals surface area contributed by atoms with E-state index in [0.717, 1.165) is 0 Å². The van der Waals surface area contributed by atoms with Crippen molar-refractivity contribution in [3.8, 4) is 11.1 Å². The molecule has 26 heavy (non-hydrogen) atoms. The minimum atomic E-state index is -2.15. The van der Waals surface area contributed by atoms with Crippen LogP contribution in [0.2, 0.25) is 0 Å². The minimum Gasteiger partial charge on any atom is -0.203 e. The van der Waals surface area contributed by atoms with Gasteiger partial charge in [0.05, 0.1) is 20.9 Å². The monoisotopic (exact) mass is 418 g/mol. The molecule has 0 radical (unpaired) electrons. The van der Waals surface area contributed by atoms with Gasteiger partial charge in [0.2, 0.25) is 0 Å². The van der Waals surface area contributed by atoms with Gasteiger partial charge in [-0.3, -0.25) is 0 Å². The maximum atomic E-state index is 14.2. The Bertz CT molecular complexity index is 737. The number of rotatable bonds is 5. The predicted molar refractivity (Wildman–Crippen MR) is 84.3 cm³/mol. The molecule has 0 heterocycles. The highest BCUT2D eigenvalue weighted by molar-refractivity contribution is 7.99.